The molecule has 1 N–H and O–H groups in total. The van der Waals surface area contributed by atoms with Gasteiger partial charge < -0.3 is 19.7 Å². The van der Waals surface area contributed by atoms with E-state index >= 15 is 0 Å². The van der Waals surface area contributed by atoms with E-state index in [9.17, 15) is 4.79 Å². The molecule has 6 heteroatoms. The molecular formula is C17H21N3O3. The first kappa shape index (κ1) is 16.8. The molecule has 6 nitrogen and oxygen atoms in total. The van der Waals surface area contributed by atoms with E-state index in [1.807, 2.05) is 37.2 Å². The molecule has 0 bridgehead atoms. The zero-order valence-corrected chi connectivity index (χ0v) is 13.6. The second kappa shape index (κ2) is 8.14. The van der Waals surface area contributed by atoms with Crippen LogP contribution in [0.25, 0.3) is 0 Å². The van der Waals surface area contributed by atoms with E-state index in [1.165, 1.54) is 0 Å². The van der Waals surface area contributed by atoms with Crippen molar-refractivity contribution < 1.29 is 14.3 Å². The lowest BCUT2D eigenvalue weighted by molar-refractivity contribution is 0.102. The molecule has 0 radical (unpaired) electrons. The lowest BCUT2D eigenvalue weighted by Crippen LogP contribution is -2.14. The Hall–Kier alpha value is -2.60. The largest absolute Gasteiger partial charge is 0.475 e. The maximum Gasteiger partial charge on any atom is 0.255 e. The van der Waals surface area contributed by atoms with Gasteiger partial charge in [0.15, 0.2) is 0 Å². The van der Waals surface area contributed by atoms with Crippen LogP contribution in [0.5, 0.6) is 5.88 Å². The summed E-state index contributed by atoms with van der Waals surface area (Å²) in [4.78, 5) is 18.4. The summed E-state index contributed by atoms with van der Waals surface area (Å²) in [6, 6.07) is 10.9. The summed E-state index contributed by atoms with van der Waals surface area (Å²) in [7, 11) is 5.48. The Labute approximate surface area is 136 Å². The van der Waals surface area contributed by atoms with E-state index in [0.29, 0.717) is 30.3 Å². The number of nitrogens with zero attached hydrogens (tertiary/aromatic N) is 2. The monoisotopic (exact) mass is 315 g/mol. The summed E-state index contributed by atoms with van der Waals surface area (Å²) >= 11 is 0. The quantitative estimate of drug-likeness (QED) is 0.795. The van der Waals surface area contributed by atoms with Gasteiger partial charge in [0, 0.05) is 38.5 Å². The van der Waals surface area contributed by atoms with Crippen LogP contribution in [0.1, 0.15) is 10.4 Å². The number of anilines is 2. The molecule has 1 amide bonds. The number of benzene rings is 1. The molecule has 0 aliphatic heterocycles. The van der Waals surface area contributed by atoms with Gasteiger partial charge in [-0.25, -0.2) is 4.98 Å². The number of aromatic nitrogens is 1. The van der Waals surface area contributed by atoms with Crippen molar-refractivity contribution in [2.75, 3.05) is 44.6 Å². The minimum Gasteiger partial charge on any atom is -0.475 e. The second-order valence-corrected chi connectivity index (χ2v) is 5.13. The molecule has 1 heterocycles. The standard InChI is InChI=1S/C17H21N3O3/c1-20(2)15-6-4-5-13(11-15)17(21)19-14-7-8-16(18-12-14)23-10-9-22-3/h4-8,11-12H,9-10H2,1-3H3,(H,19,21). The maximum atomic E-state index is 12.3. The molecule has 0 atom stereocenters. The Bertz CT molecular complexity index is 642. The van der Waals surface area contributed by atoms with Gasteiger partial charge in [-0.3, -0.25) is 4.79 Å². The van der Waals surface area contributed by atoms with E-state index in [-0.39, 0.29) is 5.91 Å². The predicted octanol–water partition coefficient (Wildman–Crippen LogP) is 2.43. The van der Waals surface area contributed by atoms with Crippen molar-refractivity contribution in [3.8, 4) is 5.88 Å². The number of hydrogen-bond acceptors (Lipinski definition) is 5. The molecule has 0 saturated carbocycles. The number of ether oxygens (including phenoxy) is 2. The normalized spacial score (nSPS) is 10.2. The highest BCUT2D eigenvalue weighted by Crippen LogP contribution is 2.16. The van der Waals surface area contributed by atoms with E-state index in [2.05, 4.69) is 10.3 Å². The summed E-state index contributed by atoms with van der Waals surface area (Å²) in [5.41, 5.74) is 2.18. The van der Waals surface area contributed by atoms with Crippen LogP contribution in [0, 0.1) is 0 Å². The van der Waals surface area contributed by atoms with E-state index in [0.717, 1.165) is 5.69 Å². The average Bonchev–Trinajstić information content (AvgIpc) is 2.56. The van der Waals surface area contributed by atoms with Crippen molar-refractivity contribution in [1.82, 2.24) is 4.98 Å². The molecule has 1 aromatic heterocycles. The summed E-state index contributed by atoms with van der Waals surface area (Å²) < 4.78 is 10.3. The van der Waals surface area contributed by atoms with Crippen molar-refractivity contribution in [3.05, 3.63) is 48.2 Å². The lowest BCUT2D eigenvalue weighted by Gasteiger charge is -2.13. The first-order valence-corrected chi connectivity index (χ1v) is 7.26. The third-order valence-corrected chi connectivity index (χ3v) is 3.16. The molecule has 2 rings (SSSR count). The number of amides is 1. The van der Waals surface area contributed by atoms with Gasteiger partial charge in [0.1, 0.15) is 6.61 Å². The van der Waals surface area contributed by atoms with Gasteiger partial charge in [-0.15, -0.1) is 0 Å². The van der Waals surface area contributed by atoms with Crippen LogP contribution in [0.15, 0.2) is 42.6 Å². The first-order chi connectivity index (χ1) is 11.1. The molecule has 1 aromatic carbocycles. The summed E-state index contributed by atoms with van der Waals surface area (Å²) in [5, 5.41) is 2.82. The number of methoxy groups -OCH3 is 1. The van der Waals surface area contributed by atoms with E-state index in [4.69, 9.17) is 9.47 Å². The molecule has 0 saturated heterocycles. The highest BCUT2D eigenvalue weighted by Gasteiger charge is 2.08. The van der Waals surface area contributed by atoms with Crippen LogP contribution in [0.3, 0.4) is 0 Å². The summed E-state index contributed by atoms with van der Waals surface area (Å²) in [6.07, 6.45) is 1.57. The van der Waals surface area contributed by atoms with Crippen molar-refractivity contribution in [2.24, 2.45) is 0 Å². The maximum absolute atomic E-state index is 12.3. The molecule has 2 aromatic rings. The fraction of sp³-hybridized carbons (Fsp3) is 0.294. The molecule has 0 fully saturated rings. The highest BCUT2D eigenvalue weighted by atomic mass is 16.5. The zero-order chi connectivity index (χ0) is 16.7. The van der Waals surface area contributed by atoms with Gasteiger partial charge in [-0.2, -0.15) is 0 Å². The summed E-state index contributed by atoms with van der Waals surface area (Å²) in [6.45, 7) is 0.939. The Morgan fingerprint density at radius 1 is 1.22 bits per heavy atom. The molecule has 122 valence electrons. The van der Waals surface area contributed by atoms with Crippen LogP contribution in [-0.2, 0) is 4.74 Å². The average molecular weight is 315 g/mol. The van der Waals surface area contributed by atoms with Crippen LogP contribution in [-0.4, -0.2) is 45.3 Å². The third-order valence-electron chi connectivity index (χ3n) is 3.16. The highest BCUT2D eigenvalue weighted by molar-refractivity contribution is 6.04. The number of rotatable bonds is 7. The smallest absolute Gasteiger partial charge is 0.255 e. The number of hydrogen-bond donors (Lipinski definition) is 1. The molecule has 0 aliphatic rings. The molecule has 0 unspecified atom stereocenters. The number of carbonyl (C=O) groups is 1. The van der Waals surface area contributed by atoms with Crippen LogP contribution >= 0.6 is 0 Å². The number of carbonyl (C=O) groups excluding carboxylic acids is 1. The molecule has 23 heavy (non-hydrogen) atoms. The van der Waals surface area contributed by atoms with E-state index < -0.39 is 0 Å². The van der Waals surface area contributed by atoms with Gasteiger partial charge in [0.05, 0.1) is 18.5 Å². The van der Waals surface area contributed by atoms with Crippen molar-refractivity contribution in [3.63, 3.8) is 0 Å². The predicted molar refractivity (Wildman–Crippen MR) is 90.3 cm³/mol. The number of nitrogens with one attached hydrogen (secondary N) is 1. The zero-order valence-electron chi connectivity index (χ0n) is 13.6. The van der Waals surface area contributed by atoms with Crippen molar-refractivity contribution in [1.29, 1.82) is 0 Å². The Kier molecular flexibility index (Phi) is 5.94. The van der Waals surface area contributed by atoms with Gasteiger partial charge in [0.2, 0.25) is 5.88 Å². The molecule has 0 spiro atoms. The molecular weight excluding hydrogens is 294 g/mol. The Morgan fingerprint density at radius 3 is 2.70 bits per heavy atom. The van der Waals surface area contributed by atoms with E-state index in [1.54, 1.807) is 31.5 Å². The first-order valence-electron chi connectivity index (χ1n) is 7.26. The minimum absolute atomic E-state index is 0.177. The van der Waals surface area contributed by atoms with Gasteiger partial charge in [-0.05, 0) is 24.3 Å². The fourth-order valence-corrected chi connectivity index (χ4v) is 1.90. The Balaban J connectivity index is 1.98. The van der Waals surface area contributed by atoms with Crippen LogP contribution < -0.4 is 15.0 Å². The van der Waals surface area contributed by atoms with Gasteiger partial charge in [0.25, 0.3) is 5.91 Å². The van der Waals surface area contributed by atoms with Crippen LogP contribution in [0.4, 0.5) is 11.4 Å². The molecule has 0 aliphatic carbocycles. The number of pyridine rings is 1. The van der Waals surface area contributed by atoms with Crippen molar-refractivity contribution in [2.45, 2.75) is 0 Å². The third kappa shape index (κ3) is 4.96. The fourth-order valence-electron chi connectivity index (χ4n) is 1.90. The van der Waals surface area contributed by atoms with Crippen molar-refractivity contribution >= 4 is 17.3 Å². The summed E-state index contributed by atoms with van der Waals surface area (Å²) in [5.74, 6) is 0.318. The van der Waals surface area contributed by atoms with Crippen LogP contribution in [0.2, 0.25) is 0 Å². The lowest BCUT2D eigenvalue weighted by atomic mass is 10.2. The minimum atomic E-state index is -0.177. The second-order valence-electron chi connectivity index (χ2n) is 5.13. The topological polar surface area (TPSA) is 63.7 Å². The van der Waals surface area contributed by atoms with Gasteiger partial charge in [-0.1, -0.05) is 6.07 Å². The van der Waals surface area contributed by atoms with Gasteiger partial charge >= 0.3 is 0 Å². The Morgan fingerprint density at radius 2 is 2.04 bits per heavy atom. The SMILES string of the molecule is COCCOc1ccc(NC(=O)c2cccc(N(C)C)c2)cn1.